The first-order chi connectivity index (χ1) is 16.9. The fourth-order valence-electron chi connectivity index (χ4n) is 3.12. The number of benzene rings is 3. The molecule has 0 saturated carbocycles. The van der Waals surface area contributed by atoms with E-state index in [1.54, 1.807) is 0 Å². The zero-order valence-electron chi connectivity index (χ0n) is 19.2. The zero-order chi connectivity index (χ0) is 27.2. The molecule has 2 N–H and O–H groups in total. The van der Waals surface area contributed by atoms with E-state index in [1.165, 1.54) is 30.3 Å². The van der Waals surface area contributed by atoms with Gasteiger partial charge in [-0.05, 0) is 48.5 Å². The first kappa shape index (κ1) is 29.0. The predicted molar refractivity (Wildman–Crippen MR) is 134 cm³/mol. The molecule has 3 rings (SSSR count). The highest BCUT2D eigenvalue weighted by Crippen LogP contribution is 2.36. The summed E-state index contributed by atoms with van der Waals surface area (Å²) in [5, 5.41) is 10.4. The van der Waals surface area contributed by atoms with E-state index in [4.69, 9.17) is 17.0 Å². The van der Waals surface area contributed by atoms with Crippen LogP contribution in [0.15, 0.2) is 59.1 Å². The Bertz CT molecular complexity index is 1310. The number of nitrogens with one attached hydrogen (secondary N) is 2. The summed E-state index contributed by atoms with van der Waals surface area (Å²) in [7, 11) is 1.14. The number of methoxy groups -OCH3 is 1. The third kappa shape index (κ3) is 6.50. The van der Waals surface area contributed by atoms with Crippen molar-refractivity contribution >= 4 is 50.8 Å². The number of carbonyl (C=O) groups excluding carboxylic acids is 2. The summed E-state index contributed by atoms with van der Waals surface area (Å²) >= 11 is 9.10. The molecule has 190 valence electrons. The largest absolute Gasteiger partial charge is 0.465 e. The summed E-state index contributed by atoms with van der Waals surface area (Å²) in [4.78, 5) is 24.4. The molecule has 0 unspecified atom stereocenters. The number of esters is 1. The van der Waals surface area contributed by atoms with Crippen LogP contribution in [-0.2, 0) is 10.9 Å². The minimum Gasteiger partial charge on any atom is -0.465 e. The number of halogens is 6. The molecule has 3 aromatic rings. The second-order valence-corrected chi connectivity index (χ2v) is 8.19. The lowest BCUT2D eigenvalue weighted by molar-refractivity contribution is -0.137. The molecule has 0 fully saturated rings. The number of anilines is 1. The Kier molecular flexibility index (Phi) is 9.77. The van der Waals surface area contributed by atoms with Crippen molar-refractivity contribution < 1.29 is 31.9 Å². The molecule has 3 aromatic carbocycles. The van der Waals surface area contributed by atoms with Gasteiger partial charge in [-0.25, -0.2) is 9.18 Å². The van der Waals surface area contributed by atoms with Crippen molar-refractivity contribution in [2.45, 2.75) is 20.0 Å². The Hall–Kier alpha value is -3.24. The Morgan fingerprint density at radius 2 is 1.67 bits per heavy atom. The van der Waals surface area contributed by atoms with Crippen LogP contribution in [0.2, 0.25) is 5.02 Å². The van der Waals surface area contributed by atoms with E-state index in [9.17, 15) is 27.2 Å². The third-order valence-electron chi connectivity index (χ3n) is 4.70. The van der Waals surface area contributed by atoms with E-state index in [2.05, 4.69) is 26.0 Å². The number of hydrogen-bond donors (Lipinski definition) is 2. The molecule has 0 radical (unpaired) electrons. The fraction of sp³-hybridized carbons (Fsp3) is 0.160. The van der Waals surface area contributed by atoms with E-state index in [0.29, 0.717) is 4.47 Å². The molecule has 0 bridgehead atoms. The minimum atomic E-state index is -4.84. The number of ether oxygens (including phenoxy) is 1. The van der Waals surface area contributed by atoms with E-state index < -0.39 is 40.0 Å². The van der Waals surface area contributed by atoms with E-state index in [-0.39, 0.29) is 28.1 Å². The standard InChI is InChI=1S/C23H14BrClF4N2O3.C2H6/c1-34-22(33)11-5-7-13(17(26)9-11)20(30)14-8-6-12(24)10-18(14)31-21(32)19-15(23(27,28)29)3-2-4-16(19)25;1-2/h2-10,30H,1H3,(H,31,32);1-2H3. The van der Waals surface area contributed by atoms with Crippen LogP contribution in [0, 0.1) is 11.2 Å². The predicted octanol–water partition coefficient (Wildman–Crippen LogP) is 7.74. The van der Waals surface area contributed by atoms with Crippen LogP contribution < -0.4 is 5.32 Å². The molecule has 1 amide bonds. The molecule has 0 aliphatic heterocycles. The van der Waals surface area contributed by atoms with Crippen molar-refractivity contribution in [1.29, 1.82) is 5.41 Å². The van der Waals surface area contributed by atoms with E-state index in [1.807, 2.05) is 13.8 Å². The average Bonchev–Trinajstić information content (AvgIpc) is 2.83. The average molecular weight is 588 g/mol. The molecule has 0 heterocycles. The SMILES string of the molecule is CC.COC(=O)c1ccc(C(=N)c2ccc(Br)cc2NC(=O)c2c(Cl)cccc2C(F)(F)F)c(F)c1. The summed E-state index contributed by atoms with van der Waals surface area (Å²) in [5.41, 5.74) is -2.72. The van der Waals surface area contributed by atoms with Crippen LogP contribution in [0.1, 0.15) is 51.3 Å². The monoisotopic (exact) mass is 586 g/mol. The molecule has 0 aliphatic rings. The van der Waals surface area contributed by atoms with Gasteiger partial charge in [0.25, 0.3) is 5.91 Å². The molecular weight excluding hydrogens is 568 g/mol. The lowest BCUT2D eigenvalue weighted by atomic mass is 9.98. The van der Waals surface area contributed by atoms with Crippen molar-refractivity contribution in [2.75, 3.05) is 12.4 Å². The number of alkyl halides is 3. The second-order valence-electron chi connectivity index (χ2n) is 6.87. The maximum atomic E-state index is 14.7. The first-order valence-electron chi connectivity index (χ1n) is 10.4. The van der Waals surface area contributed by atoms with E-state index >= 15 is 0 Å². The number of amides is 1. The molecule has 0 atom stereocenters. The topological polar surface area (TPSA) is 79.2 Å². The first-order valence-corrected chi connectivity index (χ1v) is 11.5. The van der Waals surface area contributed by atoms with Gasteiger partial charge in [-0.15, -0.1) is 0 Å². The van der Waals surface area contributed by atoms with Crippen molar-refractivity contribution in [2.24, 2.45) is 0 Å². The molecule has 5 nitrogen and oxygen atoms in total. The Morgan fingerprint density at radius 3 is 2.25 bits per heavy atom. The zero-order valence-corrected chi connectivity index (χ0v) is 21.5. The highest BCUT2D eigenvalue weighted by atomic mass is 79.9. The van der Waals surface area contributed by atoms with Crippen molar-refractivity contribution in [1.82, 2.24) is 0 Å². The fourth-order valence-corrected chi connectivity index (χ4v) is 3.74. The summed E-state index contributed by atoms with van der Waals surface area (Å²) in [6, 6.07) is 10.5. The second kappa shape index (κ2) is 12.1. The van der Waals surface area contributed by atoms with Crippen molar-refractivity contribution in [3.05, 3.63) is 97.7 Å². The van der Waals surface area contributed by atoms with Gasteiger partial charge in [-0.3, -0.25) is 10.2 Å². The summed E-state index contributed by atoms with van der Waals surface area (Å²) in [6.07, 6.45) is -4.84. The lowest BCUT2D eigenvalue weighted by Crippen LogP contribution is -2.21. The Labute approximate surface area is 218 Å². The summed E-state index contributed by atoms with van der Waals surface area (Å²) in [6.45, 7) is 4.00. The maximum Gasteiger partial charge on any atom is 0.417 e. The van der Waals surface area contributed by atoms with Gasteiger partial charge in [0.2, 0.25) is 0 Å². The van der Waals surface area contributed by atoms with Crippen LogP contribution in [0.25, 0.3) is 0 Å². The van der Waals surface area contributed by atoms with Crippen LogP contribution in [-0.4, -0.2) is 24.7 Å². The van der Waals surface area contributed by atoms with Crippen LogP contribution in [0.4, 0.5) is 23.2 Å². The smallest absolute Gasteiger partial charge is 0.417 e. The van der Waals surface area contributed by atoms with Crippen molar-refractivity contribution in [3.63, 3.8) is 0 Å². The molecule has 0 saturated heterocycles. The van der Waals surface area contributed by atoms with Crippen LogP contribution >= 0.6 is 27.5 Å². The van der Waals surface area contributed by atoms with Gasteiger partial charge in [0.05, 0.1) is 40.2 Å². The maximum absolute atomic E-state index is 14.7. The summed E-state index contributed by atoms with van der Waals surface area (Å²) < 4.78 is 59.9. The quantitative estimate of drug-likeness (QED) is 0.182. The molecule has 36 heavy (non-hydrogen) atoms. The van der Waals surface area contributed by atoms with Crippen LogP contribution in [0.3, 0.4) is 0 Å². The molecule has 0 aliphatic carbocycles. The Balaban J connectivity index is 0.00000222. The molecular formula is C25H20BrClF4N2O3. The number of hydrogen-bond acceptors (Lipinski definition) is 4. The summed E-state index contributed by atoms with van der Waals surface area (Å²) in [5.74, 6) is -2.83. The molecule has 0 spiro atoms. The van der Waals surface area contributed by atoms with Gasteiger partial charge < -0.3 is 10.1 Å². The highest BCUT2D eigenvalue weighted by Gasteiger charge is 2.36. The minimum absolute atomic E-state index is 0.0156. The number of carbonyl (C=O) groups is 2. The third-order valence-corrected chi connectivity index (χ3v) is 5.51. The van der Waals surface area contributed by atoms with Gasteiger partial charge in [-0.2, -0.15) is 13.2 Å². The molecule has 11 heteroatoms. The van der Waals surface area contributed by atoms with E-state index in [0.717, 1.165) is 31.4 Å². The normalized spacial score (nSPS) is 10.7. The van der Waals surface area contributed by atoms with Gasteiger partial charge in [0, 0.05) is 15.6 Å². The molecule has 0 aromatic heterocycles. The van der Waals surface area contributed by atoms with Gasteiger partial charge in [-0.1, -0.05) is 47.4 Å². The van der Waals surface area contributed by atoms with Crippen molar-refractivity contribution in [3.8, 4) is 0 Å². The van der Waals surface area contributed by atoms with Gasteiger partial charge in [0.1, 0.15) is 5.82 Å². The Morgan fingerprint density at radius 1 is 1.03 bits per heavy atom. The van der Waals surface area contributed by atoms with Gasteiger partial charge in [0.15, 0.2) is 0 Å². The van der Waals surface area contributed by atoms with Crippen LogP contribution in [0.5, 0.6) is 0 Å². The number of rotatable bonds is 5. The highest BCUT2D eigenvalue weighted by molar-refractivity contribution is 9.10. The van der Waals surface area contributed by atoms with Gasteiger partial charge >= 0.3 is 12.1 Å². The lowest BCUT2D eigenvalue weighted by Gasteiger charge is -2.17.